The number of nitrogens with two attached hydrogens (primary N) is 1. The van der Waals surface area contributed by atoms with Crippen molar-refractivity contribution in [2.24, 2.45) is 0 Å². The zero-order valence-corrected chi connectivity index (χ0v) is 7.77. The van der Waals surface area contributed by atoms with Crippen molar-refractivity contribution in [3.63, 3.8) is 0 Å². The molecule has 13 heavy (non-hydrogen) atoms. The van der Waals surface area contributed by atoms with Crippen LogP contribution in [0.1, 0.15) is 13.3 Å². The Balaban J connectivity index is 0.000000226. The number of hydrogen-bond donors (Lipinski definition) is 1. The summed E-state index contributed by atoms with van der Waals surface area (Å²) in [7, 11) is 0. The van der Waals surface area contributed by atoms with E-state index in [-0.39, 0.29) is 0 Å². The molecule has 0 saturated carbocycles. The number of carbonyl (C=O) groups excluding carboxylic acids is 1. The number of anilines is 1. The average Bonchev–Trinajstić information content (AvgIpc) is 2.17. The van der Waals surface area contributed by atoms with E-state index in [0.717, 1.165) is 12.1 Å². The fraction of sp³-hybridized carbons (Fsp3) is 0.300. The summed E-state index contributed by atoms with van der Waals surface area (Å²) in [4.78, 5) is 9.34. The van der Waals surface area contributed by atoms with Gasteiger partial charge in [-0.15, -0.1) is 0 Å². The lowest BCUT2D eigenvalue weighted by molar-refractivity contribution is -0.128. The van der Waals surface area contributed by atoms with Gasteiger partial charge in [0.15, 0.2) is 0 Å². The van der Waals surface area contributed by atoms with Crippen LogP contribution in [0.2, 0.25) is 0 Å². The van der Waals surface area contributed by atoms with E-state index in [1.165, 1.54) is 0 Å². The van der Waals surface area contributed by atoms with Gasteiger partial charge in [-0.1, -0.05) is 25.1 Å². The van der Waals surface area contributed by atoms with E-state index in [4.69, 9.17) is 5.73 Å². The van der Waals surface area contributed by atoms with Gasteiger partial charge < -0.3 is 10.5 Å². The van der Waals surface area contributed by atoms with Gasteiger partial charge in [-0.05, 0) is 18.6 Å². The Morgan fingerprint density at radius 3 is 2.23 bits per heavy atom. The lowest BCUT2D eigenvalue weighted by Gasteiger charge is -1.86. The normalized spacial score (nSPS) is 8.08. The summed E-state index contributed by atoms with van der Waals surface area (Å²) in [6, 6.07) is 9.49. The van der Waals surface area contributed by atoms with Crippen LogP contribution in [0, 0.1) is 0 Å². The lowest BCUT2D eigenvalue weighted by Crippen LogP contribution is -1.86. The first-order chi connectivity index (χ1) is 6.31. The van der Waals surface area contributed by atoms with Gasteiger partial charge in [-0.3, -0.25) is 4.79 Å². The van der Waals surface area contributed by atoms with Crippen LogP contribution in [0.5, 0.6) is 0 Å². The van der Waals surface area contributed by atoms with E-state index in [9.17, 15) is 4.79 Å². The first-order valence-electron chi connectivity index (χ1n) is 4.17. The molecular formula is C10H15NO2. The standard InChI is InChI=1S/C6H7N.C4H8O2/c7-6-4-2-1-3-5-6;1-2-3-6-4-5/h1-5H,7H2;4H,2-3H2,1H3. The number of hydrogen-bond acceptors (Lipinski definition) is 3. The number of rotatable bonds is 3. The maximum absolute atomic E-state index is 9.34. The molecule has 1 aromatic carbocycles. The Kier molecular flexibility index (Phi) is 7.59. The van der Waals surface area contributed by atoms with Gasteiger partial charge in [0, 0.05) is 5.69 Å². The summed E-state index contributed by atoms with van der Waals surface area (Å²) in [5.41, 5.74) is 6.18. The van der Waals surface area contributed by atoms with Crippen LogP contribution in [0.25, 0.3) is 0 Å². The molecule has 72 valence electrons. The van der Waals surface area contributed by atoms with E-state index in [2.05, 4.69) is 4.74 Å². The van der Waals surface area contributed by atoms with Crippen LogP contribution in [-0.4, -0.2) is 13.1 Å². The van der Waals surface area contributed by atoms with Crippen molar-refractivity contribution in [2.45, 2.75) is 13.3 Å². The molecule has 0 aromatic heterocycles. The molecule has 0 amide bonds. The van der Waals surface area contributed by atoms with Gasteiger partial charge in [-0.25, -0.2) is 0 Å². The number of carbonyl (C=O) groups is 1. The molecule has 0 heterocycles. The Bertz CT molecular complexity index is 211. The predicted octanol–water partition coefficient (Wildman–Crippen LogP) is 1.84. The summed E-state index contributed by atoms with van der Waals surface area (Å²) >= 11 is 0. The Morgan fingerprint density at radius 1 is 1.38 bits per heavy atom. The summed E-state index contributed by atoms with van der Waals surface area (Å²) in [5.74, 6) is 0. The van der Waals surface area contributed by atoms with Gasteiger partial charge >= 0.3 is 0 Å². The van der Waals surface area contributed by atoms with Crippen molar-refractivity contribution in [1.29, 1.82) is 0 Å². The largest absolute Gasteiger partial charge is 0.468 e. The van der Waals surface area contributed by atoms with Crippen LogP contribution in [-0.2, 0) is 9.53 Å². The summed E-state index contributed by atoms with van der Waals surface area (Å²) < 4.78 is 4.30. The summed E-state index contributed by atoms with van der Waals surface area (Å²) in [6.45, 7) is 2.95. The highest BCUT2D eigenvalue weighted by Gasteiger charge is 1.72. The highest BCUT2D eigenvalue weighted by molar-refractivity contribution is 5.36. The third-order valence-electron chi connectivity index (χ3n) is 1.19. The average molecular weight is 181 g/mol. The molecule has 0 aliphatic carbocycles. The first-order valence-corrected chi connectivity index (χ1v) is 4.17. The SMILES string of the molecule is CCCOC=O.Nc1ccccc1. The van der Waals surface area contributed by atoms with Crippen molar-refractivity contribution >= 4 is 12.2 Å². The molecule has 0 radical (unpaired) electrons. The lowest BCUT2D eigenvalue weighted by atomic mass is 10.3. The number of para-hydroxylation sites is 1. The second-order valence-corrected chi connectivity index (χ2v) is 2.38. The molecule has 2 N–H and O–H groups in total. The Labute approximate surface area is 78.5 Å². The van der Waals surface area contributed by atoms with E-state index >= 15 is 0 Å². The summed E-state index contributed by atoms with van der Waals surface area (Å²) in [6.07, 6.45) is 0.902. The monoisotopic (exact) mass is 181 g/mol. The first kappa shape index (κ1) is 11.5. The predicted molar refractivity (Wildman–Crippen MR) is 53.2 cm³/mol. The molecule has 3 nitrogen and oxygen atoms in total. The second-order valence-electron chi connectivity index (χ2n) is 2.38. The molecule has 0 aliphatic rings. The highest BCUT2D eigenvalue weighted by atomic mass is 16.5. The smallest absolute Gasteiger partial charge is 0.293 e. The van der Waals surface area contributed by atoms with Crippen molar-refractivity contribution in [1.82, 2.24) is 0 Å². The zero-order valence-electron chi connectivity index (χ0n) is 7.77. The van der Waals surface area contributed by atoms with Gasteiger partial charge in [0.2, 0.25) is 0 Å². The molecular weight excluding hydrogens is 166 g/mol. The van der Waals surface area contributed by atoms with Crippen LogP contribution in [0.3, 0.4) is 0 Å². The quantitative estimate of drug-likeness (QED) is 0.439. The minimum Gasteiger partial charge on any atom is -0.468 e. The van der Waals surface area contributed by atoms with Gasteiger partial charge in [0.1, 0.15) is 0 Å². The molecule has 0 atom stereocenters. The zero-order chi connectivity index (χ0) is 9.94. The van der Waals surface area contributed by atoms with Crippen LogP contribution in [0.15, 0.2) is 30.3 Å². The number of ether oxygens (including phenoxy) is 1. The number of benzene rings is 1. The fourth-order valence-corrected chi connectivity index (χ4v) is 0.619. The van der Waals surface area contributed by atoms with E-state index in [1.807, 2.05) is 37.3 Å². The topological polar surface area (TPSA) is 52.3 Å². The summed E-state index contributed by atoms with van der Waals surface area (Å²) in [5, 5.41) is 0. The molecule has 1 rings (SSSR count). The highest BCUT2D eigenvalue weighted by Crippen LogP contribution is 1.95. The van der Waals surface area contributed by atoms with Crippen molar-refractivity contribution in [2.75, 3.05) is 12.3 Å². The van der Waals surface area contributed by atoms with Crippen LogP contribution in [0.4, 0.5) is 5.69 Å². The molecule has 0 unspecified atom stereocenters. The van der Waals surface area contributed by atoms with Crippen LogP contribution < -0.4 is 5.73 Å². The van der Waals surface area contributed by atoms with Crippen molar-refractivity contribution in [3.05, 3.63) is 30.3 Å². The Morgan fingerprint density at radius 2 is 2.00 bits per heavy atom. The van der Waals surface area contributed by atoms with E-state index in [1.54, 1.807) is 0 Å². The van der Waals surface area contributed by atoms with E-state index < -0.39 is 0 Å². The molecule has 0 saturated heterocycles. The van der Waals surface area contributed by atoms with Gasteiger partial charge in [-0.2, -0.15) is 0 Å². The molecule has 0 fully saturated rings. The molecule has 0 bridgehead atoms. The third kappa shape index (κ3) is 8.40. The van der Waals surface area contributed by atoms with Gasteiger partial charge in [0.25, 0.3) is 6.47 Å². The Hall–Kier alpha value is -1.51. The minimum atomic E-state index is 0.462. The minimum absolute atomic E-state index is 0.462. The second kappa shape index (κ2) is 8.59. The third-order valence-corrected chi connectivity index (χ3v) is 1.19. The van der Waals surface area contributed by atoms with Crippen molar-refractivity contribution in [3.8, 4) is 0 Å². The molecule has 0 spiro atoms. The van der Waals surface area contributed by atoms with Gasteiger partial charge in [0.05, 0.1) is 6.61 Å². The van der Waals surface area contributed by atoms with Crippen LogP contribution >= 0.6 is 0 Å². The van der Waals surface area contributed by atoms with E-state index in [0.29, 0.717) is 13.1 Å². The maximum Gasteiger partial charge on any atom is 0.293 e. The maximum atomic E-state index is 9.34. The molecule has 0 aliphatic heterocycles. The fourth-order valence-electron chi connectivity index (χ4n) is 0.619. The molecule has 1 aromatic rings. The van der Waals surface area contributed by atoms with Crippen molar-refractivity contribution < 1.29 is 9.53 Å². The number of nitrogen functional groups attached to an aromatic ring is 1. The molecule has 3 heteroatoms.